The summed E-state index contributed by atoms with van der Waals surface area (Å²) in [4.78, 5) is 26.8. The van der Waals surface area contributed by atoms with Crippen LogP contribution in [0, 0.1) is 6.92 Å². The Morgan fingerprint density at radius 2 is 1.62 bits per heavy atom. The number of hydrogen-bond acceptors (Lipinski definition) is 10. The van der Waals surface area contributed by atoms with Gasteiger partial charge in [0, 0.05) is 18.9 Å². The highest BCUT2D eigenvalue weighted by Crippen LogP contribution is 2.52. The van der Waals surface area contributed by atoms with E-state index >= 15 is 0 Å². The van der Waals surface area contributed by atoms with Crippen LogP contribution in [0.3, 0.4) is 0 Å². The van der Waals surface area contributed by atoms with Crippen molar-refractivity contribution in [1.82, 2.24) is 9.13 Å². The largest absolute Gasteiger partial charge is 0.414 e. The molecule has 3 rings (SSSR count). The van der Waals surface area contributed by atoms with Gasteiger partial charge in [0.1, 0.15) is 12.2 Å². The fraction of sp³-hybridized carbons (Fsp3) is 0.778. The molecule has 2 N–H and O–H groups in total. The Balaban J connectivity index is 2.29. The molecule has 240 valence electrons. The molecule has 1 fully saturated rings. The summed E-state index contributed by atoms with van der Waals surface area (Å²) in [6.45, 7) is 22.3. The summed E-state index contributed by atoms with van der Waals surface area (Å²) >= 11 is 0. The molecule has 1 aromatic heterocycles. The Morgan fingerprint density at radius 3 is 2.10 bits per heavy atom. The molecule has 1 spiro atoms. The van der Waals surface area contributed by atoms with Gasteiger partial charge in [0.25, 0.3) is 15.7 Å². The van der Waals surface area contributed by atoms with E-state index in [9.17, 15) is 18.0 Å². The van der Waals surface area contributed by atoms with Gasteiger partial charge in [-0.15, -0.1) is 0 Å². The van der Waals surface area contributed by atoms with Gasteiger partial charge in [-0.05, 0) is 43.2 Å². The maximum atomic E-state index is 13.8. The zero-order valence-corrected chi connectivity index (χ0v) is 29.9. The summed E-state index contributed by atoms with van der Waals surface area (Å²) in [6.07, 6.45) is -1.99. The number of aromatic nitrogens is 2. The van der Waals surface area contributed by atoms with Gasteiger partial charge in [0.05, 0.1) is 30.9 Å². The monoisotopic (exact) mass is 647 g/mol. The Morgan fingerprint density at radius 1 is 1.05 bits per heavy atom. The van der Waals surface area contributed by atoms with Gasteiger partial charge >= 0.3 is 5.69 Å². The predicted molar refractivity (Wildman–Crippen MR) is 166 cm³/mol. The van der Waals surface area contributed by atoms with Crippen LogP contribution < -0.4 is 17.0 Å². The van der Waals surface area contributed by atoms with Gasteiger partial charge in [-0.25, -0.2) is 8.98 Å². The normalized spacial score (nSPS) is 26.7. The smallest absolute Gasteiger partial charge is 0.333 e. The van der Waals surface area contributed by atoms with Crippen molar-refractivity contribution in [3.05, 3.63) is 43.7 Å². The van der Waals surface area contributed by atoms with Crippen molar-refractivity contribution in [2.45, 2.75) is 115 Å². The van der Waals surface area contributed by atoms with Crippen LogP contribution in [-0.2, 0) is 39.2 Å². The van der Waals surface area contributed by atoms with E-state index in [1.165, 1.54) is 17.9 Å². The van der Waals surface area contributed by atoms with Crippen molar-refractivity contribution < 1.29 is 30.9 Å². The minimum Gasteiger partial charge on any atom is -0.414 e. The third-order valence-corrected chi connectivity index (χ3v) is 19.2. The Labute approximate surface area is 251 Å². The van der Waals surface area contributed by atoms with Crippen LogP contribution in [0.4, 0.5) is 0 Å². The summed E-state index contributed by atoms with van der Waals surface area (Å²) in [5.74, 6) is 0. The van der Waals surface area contributed by atoms with Gasteiger partial charge < -0.3 is 24.1 Å². The van der Waals surface area contributed by atoms with Crippen molar-refractivity contribution in [1.29, 1.82) is 0 Å². The third-order valence-electron chi connectivity index (χ3n) is 9.23. The Kier molecular flexibility index (Phi) is 9.47. The van der Waals surface area contributed by atoms with Crippen LogP contribution >= 0.6 is 0 Å². The predicted octanol–water partition coefficient (Wildman–Crippen LogP) is 3.17. The maximum Gasteiger partial charge on any atom is 0.333 e. The van der Waals surface area contributed by atoms with Crippen molar-refractivity contribution in [3.8, 4) is 0 Å². The Hall–Kier alpha value is -1.60. The lowest BCUT2D eigenvalue weighted by Gasteiger charge is -2.43. The SMILES string of the molecule is COCCn1c(=O)c(C)cn([C@@H]2OC(CO[Si](C)(C)C(C)(C)C)C3(OS(=O)(=O)C=C3N)[C@H]2O[Si](C)(C)C(C)(C)C)c1=O. The Bertz CT molecular complexity index is 1440. The molecule has 42 heavy (non-hydrogen) atoms. The second-order valence-electron chi connectivity index (χ2n) is 14.3. The second-order valence-corrected chi connectivity index (χ2v) is 25.2. The van der Waals surface area contributed by atoms with Gasteiger partial charge in [-0.2, -0.15) is 8.42 Å². The summed E-state index contributed by atoms with van der Waals surface area (Å²) in [5, 5.41) is 0.431. The molecular formula is C27H49N3O9SSi2. The van der Waals surface area contributed by atoms with E-state index in [0.29, 0.717) is 5.56 Å². The zero-order valence-electron chi connectivity index (χ0n) is 27.1. The first-order valence-electron chi connectivity index (χ1n) is 14.1. The molecule has 0 saturated carbocycles. The van der Waals surface area contributed by atoms with Gasteiger partial charge in [0.15, 0.2) is 28.5 Å². The fourth-order valence-corrected chi connectivity index (χ4v) is 8.04. The second kappa shape index (κ2) is 11.4. The van der Waals surface area contributed by atoms with Crippen LogP contribution in [0.25, 0.3) is 0 Å². The van der Waals surface area contributed by atoms with Crippen LogP contribution in [0.2, 0.25) is 36.3 Å². The van der Waals surface area contributed by atoms with Crippen LogP contribution in [-0.4, -0.2) is 72.3 Å². The standard InChI is InChI=1S/C27H49N3O9SSi2/c1-18-15-30(24(32)29(22(18)31)13-14-35-8)23-21(38-42(11,12)26(5,6)7)27(19(28)17-40(33,34)39-27)20(37-23)16-36-41(9,10)25(2,3)4/h15,17,20-21,23H,13-14,16,28H2,1-12H3/t20?,21-,23+,27?/m0/s1. The van der Waals surface area contributed by atoms with Crippen molar-refractivity contribution in [2.75, 3.05) is 20.3 Å². The molecule has 2 aliphatic rings. The van der Waals surface area contributed by atoms with Crippen LogP contribution in [0.1, 0.15) is 53.3 Å². The zero-order chi connectivity index (χ0) is 32.3. The van der Waals surface area contributed by atoms with Gasteiger partial charge in [-0.1, -0.05) is 41.5 Å². The van der Waals surface area contributed by atoms with E-state index in [0.717, 1.165) is 9.98 Å². The average Bonchev–Trinajstić information content (AvgIpc) is 3.25. The number of ether oxygens (including phenoxy) is 2. The number of nitrogens with zero attached hydrogens (tertiary/aromatic N) is 2. The van der Waals surface area contributed by atoms with Gasteiger partial charge in [0.2, 0.25) is 0 Å². The minimum atomic E-state index is -4.21. The van der Waals surface area contributed by atoms with E-state index in [4.69, 9.17) is 28.2 Å². The summed E-state index contributed by atoms with van der Waals surface area (Å²) < 4.78 is 59.2. The van der Waals surface area contributed by atoms with E-state index in [-0.39, 0.29) is 35.5 Å². The molecule has 0 amide bonds. The van der Waals surface area contributed by atoms with Gasteiger partial charge in [-0.3, -0.25) is 13.9 Å². The lowest BCUT2D eigenvalue weighted by atomic mass is 9.89. The summed E-state index contributed by atoms with van der Waals surface area (Å²) in [7, 11) is -7.77. The van der Waals surface area contributed by atoms with E-state index in [2.05, 4.69) is 33.9 Å². The highest BCUT2D eigenvalue weighted by Gasteiger charge is 2.67. The molecule has 3 heterocycles. The minimum absolute atomic E-state index is 0.0201. The van der Waals surface area contributed by atoms with Crippen LogP contribution in [0.15, 0.2) is 26.9 Å². The van der Waals surface area contributed by atoms with Crippen molar-refractivity contribution in [2.24, 2.45) is 5.73 Å². The average molecular weight is 648 g/mol. The third kappa shape index (κ3) is 6.29. The number of rotatable bonds is 9. The molecule has 1 aromatic rings. The first kappa shape index (κ1) is 34.9. The maximum absolute atomic E-state index is 13.8. The summed E-state index contributed by atoms with van der Waals surface area (Å²) in [6, 6.07) is 0. The first-order valence-corrected chi connectivity index (χ1v) is 21.4. The number of aryl methyl sites for hydroxylation is 1. The molecular weight excluding hydrogens is 599 g/mol. The van der Waals surface area contributed by atoms with Crippen molar-refractivity contribution in [3.63, 3.8) is 0 Å². The highest BCUT2D eigenvalue weighted by atomic mass is 32.2. The lowest BCUT2D eigenvalue weighted by Crippen LogP contribution is -2.59. The number of methoxy groups -OCH3 is 1. The van der Waals surface area contributed by atoms with E-state index < -0.39 is 62.0 Å². The highest BCUT2D eigenvalue weighted by molar-refractivity contribution is 7.90. The molecule has 2 unspecified atom stereocenters. The molecule has 0 bridgehead atoms. The van der Waals surface area contributed by atoms with Crippen LogP contribution in [0.5, 0.6) is 0 Å². The number of nitrogens with two attached hydrogens (primary N) is 1. The number of hydrogen-bond donors (Lipinski definition) is 1. The van der Waals surface area contributed by atoms with Crippen molar-refractivity contribution >= 4 is 26.8 Å². The molecule has 2 aliphatic heterocycles. The molecule has 0 aromatic carbocycles. The van der Waals surface area contributed by atoms with E-state index in [1.807, 2.05) is 33.9 Å². The molecule has 12 nitrogen and oxygen atoms in total. The topological polar surface area (TPSA) is 150 Å². The quantitative estimate of drug-likeness (QED) is 0.313. The molecule has 0 radical (unpaired) electrons. The molecule has 15 heteroatoms. The molecule has 1 saturated heterocycles. The lowest BCUT2D eigenvalue weighted by molar-refractivity contribution is -0.0568. The first-order chi connectivity index (χ1) is 18.9. The summed E-state index contributed by atoms with van der Waals surface area (Å²) in [5.41, 5.74) is 3.81. The molecule has 4 atom stereocenters. The van der Waals surface area contributed by atoms with E-state index in [1.54, 1.807) is 6.92 Å². The fourth-order valence-electron chi connectivity index (χ4n) is 4.53. The molecule has 0 aliphatic carbocycles.